The molecule has 166 valence electrons. The molecule has 1 fully saturated rings. The predicted octanol–water partition coefficient (Wildman–Crippen LogP) is 4.33. The van der Waals surface area contributed by atoms with E-state index in [1.165, 1.54) is 12.4 Å². The maximum Gasteiger partial charge on any atom is 0.257 e. The van der Waals surface area contributed by atoms with E-state index in [0.29, 0.717) is 40.9 Å². The van der Waals surface area contributed by atoms with Gasteiger partial charge in [0.25, 0.3) is 5.91 Å². The molecule has 1 N–H and O–H groups in total. The highest BCUT2D eigenvalue weighted by atomic mass is 35.5. The third kappa shape index (κ3) is 3.95. The molecular weight excluding hydrogens is 450 g/mol. The Labute approximate surface area is 192 Å². The highest BCUT2D eigenvalue weighted by Crippen LogP contribution is 2.39. The van der Waals surface area contributed by atoms with Gasteiger partial charge in [0.15, 0.2) is 5.82 Å². The standard InChI is InChI=1S/C23H17ClF2N6O/c24-15-4-1-2-7-19(15)32-21(30-31-22(32)18-8-9-27-12-28-18)13-10-14(11-13)29-23(33)20-16(25)5-3-6-17(20)26/h1-9,12-14H,10-11H2,(H,29,33)/t13-,14-. The van der Waals surface area contributed by atoms with Gasteiger partial charge in [0.05, 0.1) is 10.7 Å². The number of carbonyl (C=O) groups is 1. The van der Waals surface area contributed by atoms with Crippen molar-refractivity contribution in [2.45, 2.75) is 24.8 Å². The predicted molar refractivity (Wildman–Crippen MR) is 117 cm³/mol. The maximum absolute atomic E-state index is 13.9. The summed E-state index contributed by atoms with van der Waals surface area (Å²) in [5, 5.41) is 12.0. The molecule has 1 saturated carbocycles. The molecule has 1 amide bonds. The Kier molecular flexibility index (Phi) is 5.55. The van der Waals surface area contributed by atoms with Gasteiger partial charge in [0.1, 0.15) is 35.0 Å². The number of halogens is 3. The molecular formula is C23H17ClF2N6O. The summed E-state index contributed by atoms with van der Waals surface area (Å²) >= 11 is 6.47. The molecule has 2 heterocycles. The van der Waals surface area contributed by atoms with Crippen LogP contribution in [0.15, 0.2) is 61.1 Å². The van der Waals surface area contributed by atoms with Crippen LogP contribution in [0.2, 0.25) is 5.02 Å². The van der Waals surface area contributed by atoms with Crippen LogP contribution in [0, 0.1) is 11.6 Å². The fourth-order valence-electron chi connectivity index (χ4n) is 3.94. The van der Waals surface area contributed by atoms with Crippen molar-refractivity contribution in [3.63, 3.8) is 0 Å². The summed E-state index contributed by atoms with van der Waals surface area (Å²) in [6.45, 7) is 0. The SMILES string of the molecule is O=C(N[C@H]1C[C@H](c2nnc(-c3ccncn3)n2-c2ccccc2Cl)C1)c1c(F)cccc1F. The molecule has 0 atom stereocenters. The van der Waals surface area contributed by atoms with Gasteiger partial charge in [-0.3, -0.25) is 9.36 Å². The van der Waals surface area contributed by atoms with Crippen molar-refractivity contribution in [3.8, 4) is 17.2 Å². The zero-order chi connectivity index (χ0) is 22.9. The molecule has 0 radical (unpaired) electrons. The second kappa shape index (κ2) is 8.67. The number of benzene rings is 2. The summed E-state index contributed by atoms with van der Waals surface area (Å²) < 4.78 is 29.7. The van der Waals surface area contributed by atoms with Crippen LogP contribution in [0.4, 0.5) is 8.78 Å². The Bertz CT molecular complexity index is 1300. The number of hydrogen-bond donors (Lipinski definition) is 1. The molecule has 4 aromatic rings. The van der Waals surface area contributed by atoms with Gasteiger partial charge in [-0.05, 0) is 43.2 Å². The molecule has 0 unspecified atom stereocenters. The van der Waals surface area contributed by atoms with Gasteiger partial charge in [-0.15, -0.1) is 10.2 Å². The molecule has 1 aliphatic carbocycles. The number of aromatic nitrogens is 5. The van der Waals surface area contributed by atoms with Crippen LogP contribution in [-0.4, -0.2) is 36.7 Å². The Morgan fingerprint density at radius 3 is 2.48 bits per heavy atom. The Balaban J connectivity index is 1.41. The first kappa shape index (κ1) is 21.1. The highest BCUT2D eigenvalue weighted by molar-refractivity contribution is 6.32. The molecule has 0 saturated heterocycles. The quantitative estimate of drug-likeness (QED) is 0.473. The number of hydrogen-bond acceptors (Lipinski definition) is 5. The lowest BCUT2D eigenvalue weighted by Gasteiger charge is -2.35. The zero-order valence-electron chi connectivity index (χ0n) is 17.1. The monoisotopic (exact) mass is 466 g/mol. The lowest BCUT2D eigenvalue weighted by atomic mass is 9.79. The normalized spacial score (nSPS) is 17.4. The minimum atomic E-state index is -0.892. The first-order valence-corrected chi connectivity index (χ1v) is 10.6. The number of carbonyl (C=O) groups excluding carboxylic acids is 1. The van der Waals surface area contributed by atoms with E-state index in [4.69, 9.17) is 11.6 Å². The van der Waals surface area contributed by atoms with Gasteiger partial charge in [-0.25, -0.2) is 18.7 Å². The minimum Gasteiger partial charge on any atom is -0.349 e. The minimum absolute atomic E-state index is 0.0415. The molecule has 2 aromatic heterocycles. The van der Waals surface area contributed by atoms with E-state index in [1.807, 2.05) is 22.8 Å². The zero-order valence-corrected chi connectivity index (χ0v) is 17.9. The molecule has 5 rings (SSSR count). The van der Waals surface area contributed by atoms with Crippen molar-refractivity contribution < 1.29 is 13.6 Å². The van der Waals surface area contributed by atoms with E-state index in [1.54, 1.807) is 18.3 Å². The van der Waals surface area contributed by atoms with E-state index in [2.05, 4.69) is 25.5 Å². The molecule has 0 spiro atoms. The molecule has 10 heteroatoms. The summed E-state index contributed by atoms with van der Waals surface area (Å²) in [5.74, 6) is -1.42. The smallest absolute Gasteiger partial charge is 0.257 e. The summed E-state index contributed by atoms with van der Waals surface area (Å²) in [4.78, 5) is 20.6. The number of nitrogens with zero attached hydrogens (tertiary/aromatic N) is 5. The van der Waals surface area contributed by atoms with Crippen LogP contribution < -0.4 is 5.32 Å². The topological polar surface area (TPSA) is 85.6 Å². The van der Waals surface area contributed by atoms with Gasteiger partial charge < -0.3 is 5.32 Å². The third-order valence-electron chi connectivity index (χ3n) is 5.62. The first-order valence-electron chi connectivity index (χ1n) is 10.2. The molecule has 1 aliphatic rings. The third-order valence-corrected chi connectivity index (χ3v) is 5.94. The van der Waals surface area contributed by atoms with Gasteiger partial charge in [0.2, 0.25) is 0 Å². The summed E-state index contributed by atoms with van der Waals surface area (Å²) in [7, 11) is 0. The van der Waals surface area contributed by atoms with E-state index in [-0.39, 0.29) is 12.0 Å². The van der Waals surface area contributed by atoms with Gasteiger partial charge in [-0.2, -0.15) is 0 Å². The van der Waals surface area contributed by atoms with Crippen LogP contribution in [0.5, 0.6) is 0 Å². The average molecular weight is 467 g/mol. The molecule has 7 nitrogen and oxygen atoms in total. The number of rotatable bonds is 5. The second-order valence-corrected chi connectivity index (χ2v) is 8.11. The summed E-state index contributed by atoms with van der Waals surface area (Å²) in [5.41, 5.74) is 0.711. The van der Waals surface area contributed by atoms with Crippen molar-refractivity contribution in [2.24, 2.45) is 0 Å². The van der Waals surface area contributed by atoms with Crippen LogP contribution >= 0.6 is 11.6 Å². The van der Waals surface area contributed by atoms with Gasteiger partial charge in [0, 0.05) is 18.2 Å². The summed E-state index contributed by atoms with van der Waals surface area (Å²) in [6, 6.07) is 12.1. The van der Waals surface area contributed by atoms with E-state index < -0.39 is 23.1 Å². The van der Waals surface area contributed by atoms with E-state index >= 15 is 0 Å². The van der Waals surface area contributed by atoms with Crippen LogP contribution in [0.3, 0.4) is 0 Å². The number of para-hydroxylation sites is 1. The van der Waals surface area contributed by atoms with Crippen molar-refractivity contribution >= 4 is 17.5 Å². The maximum atomic E-state index is 13.9. The Hall–Kier alpha value is -3.72. The van der Waals surface area contributed by atoms with E-state index in [0.717, 1.165) is 12.1 Å². The number of amides is 1. The lowest BCUT2D eigenvalue weighted by Crippen LogP contribution is -2.44. The van der Waals surface area contributed by atoms with Crippen molar-refractivity contribution in [1.82, 2.24) is 30.0 Å². The van der Waals surface area contributed by atoms with Crippen LogP contribution in [0.1, 0.15) is 34.9 Å². The average Bonchev–Trinajstić information content (AvgIpc) is 3.21. The van der Waals surface area contributed by atoms with Crippen LogP contribution in [-0.2, 0) is 0 Å². The van der Waals surface area contributed by atoms with Crippen molar-refractivity contribution in [1.29, 1.82) is 0 Å². The number of nitrogens with one attached hydrogen (secondary N) is 1. The molecule has 33 heavy (non-hydrogen) atoms. The lowest BCUT2D eigenvalue weighted by molar-refractivity contribution is 0.0898. The van der Waals surface area contributed by atoms with Crippen molar-refractivity contribution in [3.05, 3.63) is 89.1 Å². The summed E-state index contributed by atoms with van der Waals surface area (Å²) in [6.07, 6.45) is 4.12. The van der Waals surface area contributed by atoms with Crippen molar-refractivity contribution in [2.75, 3.05) is 0 Å². The molecule has 0 aliphatic heterocycles. The fraction of sp³-hybridized carbons (Fsp3) is 0.174. The fourth-order valence-corrected chi connectivity index (χ4v) is 4.16. The first-order chi connectivity index (χ1) is 16.0. The Morgan fingerprint density at radius 2 is 1.79 bits per heavy atom. The Morgan fingerprint density at radius 1 is 1.03 bits per heavy atom. The molecule has 2 aromatic carbocycles. The highest BCUT2D eigenvalue weighted by Gasteiger charge is 2.37. The van der Waals surface area contributed by atoms with Gasteiger partial charge >= 0.3 is 0 Å². The largest absolute Gasteiger partial charge is 0.349 e. The van der Waals surface area contributed by atoms with E-state index in [9.17, 15) is 13.6 Å². The second-order valence-electron chi connectivity index (χ2n) is 7.70. The van der Waals surface area contributed by atoms with Gasteiger partial charge in [-0.1, -0.05) is 29.8 Å². The molecule has 0 bridgehead atoms. The van der Waals surface area contributed by atoms with Crippen LogP contribution in [0.25, 0.3) is 17.2 Å².